The van der Waals surface area contributed by atoms with Crippen molar-refractivity contribution in [2.24, 2.45) is 0 Å². The number of amides is 1. The maximum atomic E-state index is 11.1. The van der Waals surface area contributed by atoms with Crippen LogP contribution in [0.1, 0.15) is 43.5 Å². The molecular weight excluding hydrogens is 302 g/mol. The van der Waals surface area contributed by atoms with E-state index < -0.39 is 0 Å². The van der Waals surface area contributed by atoms with Gasteiger partial charge in [-0.05, 0) is 43.1 Å². The standard InChI is InChI=1S/C18H23N5O/c1-13(24)21-15-7-5-14(6-8-15)12-23-11-3-2-4-17(23)16-9-10-20-18(19)22-16/h5-10,17H,2-4,11-12H2,1H3,(H,21,24)(H2,19,20,22)/t17-/m0/s1. The van der Waals surface area contributed by atoms with E-state index in [9.17, 15) is 4.79 Å². The zero-order chi connectivity index (χ0) is 16.9. The number of nitrogen functional groups attached to an aromatic ring is 1. The Kier molecular flexibility index (Phi) is 5.05. The lowest BCUT2D eigenvalue weighted by atomic mass is 9.98. The van der Waals surface area contributed by atoms with Gasteiger partial charge in [-0.25, -0.2) is 9.97 Å². The Labute approximate surface area is 142 Å². The first-order chi connectivity index (χ1) is 11.6. The SMILES string of the molecule is CC(=O)Nc1ccc(CN2CCCC[C@H]2c2ccnc(N)n2)cc1. The summed E-state index contributed by atoms with van der Waals surface area (Å²) in [5.74, 6) is 0.276. The van der Waals surface area contributed by atoms with Gasteiger partial charge in [0, 0.05) is 25.4 Å². The number of benzene rings is 1. The minimum atomic E-state index is -0.0554. The molecule has 3 rings (SSSR count). The number of piperidine rings is 1. The summed E-state index contributed by atoms with van der Waals surface area (Å²) in [6.07, 6.45) is 5.21. The molecule has 0 aliphatic carbocycles. The van der Waals surface area contributed by atoms with Gasteiger partial charge in [-0.1, -0.05) is 18.6 Å². The lowest BCUT2D eigenvalue weighted by molar-refractivity contribution is -0.114. The normalized spacial score (nSPS) is 18.3. The van der Waals surface area contributed by atoms with Crippen molar-refractivity contribution in [2.45, 2.75) is 38.8 Å². The number of rotatable bonds is 4. The van der Waals surface area contributed by atoms with Crippen LogP contribution in [-0.4, -0.2) is 27.3 Å². The lowest BCUT2D eigenvalue weighted by Crippen LogP contribution is -2.33. The molecule has 1 amide bonds. The van der Waals surface area contributed by atoms with Gasteiger partial charge in [0.1, 0.15) is 0 Å². The van der Waals surface area contributed by atoms with Crippen molar-refractivity contribution in [1.82, 2.24) is 14.9 Å². The van der Waals surface area contributed by atoms with E-state index in [0.717, 1.165) is 30.9 Å². The summed E-state index contributed by atoms with van der Waals surface area (Å²) >= 11 is 0. The highest BCUT2D eigenvalue weighted by molar-refractivity contribution is 5.88. The number of aromatic nitrogens is 2. The van der Waals surface area contributed by atoms with Gasteiger partial charge in [0.25, 0.3) is 0 Å². The summed E-state index contributed by atoms with van der Waals surface area (Å²) in [7, 11) is 0. The summed E-state index contributed by atoms with van der Waals surface area (Å²) in [5.41, 5.74) is 8.79. The Balaban J connectivity index is 1.73. The number of nitrogens with zero attached hydrogens (tertiary/aromatic N) is 3. The van der Waals surface area contributed by atoms with Crippen molar-refractivity contribution < 1.29 is 4.79 Å². The number of hydrogen-bond donors (Lipinski definition) is 2. The third-order valence-electron chi connectivity index (χ3n) is 4.31. The molecule has 1 aliphatic heterocycles. The minimum absolute atomic E-state index is 0.0554. The number of hydrogen-bond acceptors (Lipinski definition) is 5. The first-order valence-corrected chi connectivity index (χ1v) is 8.31. The van der Waals surface area contributed by atoms with Crippen molar-refractivity contribution in [3.05, 3.63) is 47.8 Å². The van der Waals surface area contributed by atoms with Crippen LogP contribution >= 0.6 is 0 Å². The summed E-state index contributed by atoms with van der Waals surface area (Å²) in [6, 6.07) is 10.2. The van der Waals surface area contributed by atoms with Gasteiger partial charge < -0.3 is 11.1 Å². The lowest BCUT2D eigenvalue weighted by Gasteiger charge is -2.35. The van der Waals surface area contributed by atoms with Crippen LogP contribution in [0, 0.1) is 0 Å². The van der Waals surface area contributed by atoms with Gasteiger partial charge in [0.15, 0.2) is 0 Å². The number of anilines is 2. The molecule has 6 nitrogen and oxygen atoms in total. The van der Waals surface area contributed by atoms with Crippen LogP contribution in [-0.2, 0) is 11.3 Å². The van der Waals surface area contributed by atoms with Gasteiger partial charge >= 0.3 is 0 Å². The number of nitrogens with two attached hydrogens (primary N) is 1. The molecule has 0 unspecified atom stereocenters. The molecule has 24 heavy (non-hydrogen) atoms. The molecule has 3 N–H and O–H groups in total. The number of nitrogens with one attached hydrogen (secondary N) is 1. The number of likely N-dealkylation sites (tertiary alicyclic amines) is 1. The van der Waals surface area contributed by atoms with E-state index in [-0.39, 0.29) is 11.9 Å². The summed E-state index contributed by atoms with van der Waals surface area (Å²) in [6.45, 7) is 3.41. The van der Waals surface area contributed by atoms with Crippen molar-refractivity contribution in [3.63, 3.8) is 0 Å². The molecule has 0 radical (unpaired) electrons. The molecule has 126 valence electrons. The molecular formula is C18H23N5O. The molecule has 1 fully saturated rings. The highest BCUT2D eigenvalue weighted by Crippen LogP contribution is 2.31. The van der Waals surface area contributed by atoms with Crippen LogP contribution in [0.25, 0.3) is 0 Å². The second-order valence-corrected chi connectivity index (χ2v) is 6.20. The number of carbonyl (C=O) groups excluding carboxylic acids is 1. The second kappa shape index (κ2) is 7.40. The highest BCUT2D eigenvalue weighted by Gasteiger charge is 2.25. The van der Waals surface area contributed by atoms with Gasteiger partial charge in [-0.2, -0.15) is 0 Å². The Hall–Kier alpha value is -2.47. The third-order valence-corrected chi connectivity index (χ3v) is 4.31. The maximum Gasteiger partial charge on any atom is 0.221 e. The average molecular weight is 325 g/mol. The Morgan fingerprint density at radius 3 is 2.79 bits per heavy atom. The zero-order valence-corrected chi connectivity index (χ0v) is 13.9. The van der Waals surface area contributed by atoms with Gasteiger partial charge in [-0.15, -0.1) is 0 Å². The van der Waals surface area contributed by atoms with Crippen molar-refractivity contribution >= 4 is 17.5 Å². The minimum Gasteiger partial charge on any atom is -0.368 e. The predicted molar refractivity (Wildman–Crippen MR) is 94.2 cm³/mol. The molecule has 2 heterocycles. The van der Waals surface area contributed by atoms with Crippen LogP contribution in [0.15, 0.2) is 36.5 Å². The largest absolute Gasteiger partial charge is 0.368 e. The maximum absolute atomic E-state index is 11.1. The average Bonchev–Trinajstić information content (AvgIpc) is 2.57. The van der Waals surface area contributed by atoms with E-state index in [0.29, 0.717) is 5.95 Å². The molecule has 6 heteroatoms. The van der Waals surface area contributed by atoms with Crippen LogP contribution < -0.4 is 11.1 Å². The molecule has 0 spiro atoms. The molecule has 1 aromatic heterocycles. The van der Waals surface area contributed by atoms with E-state index in [1.165, 1.54) is 25.3 Å². The van der Waals surface area contributed by atoms with Crippen LogP contribution in [0.3, 0.4) is 0 Å². The van der Waals surface area contributed by atoms with Crippen molar-refractivity contribution in [2.75, 3.05) is 17.6 Å². The first kappa shape index (κ1) is 16.4. The van der Waals surface area contributed by atoms with E-state index in [1.807, 2.05) is 18.2 Å². The summed E-state index contributed by atoms with van der Waals surface area (Å²) in [5, 5.41) is 2.79. The molecule has 1 aliphatic rings. The number of carbonyl (C=O) groups is 1. The summed E-state index contributed by atoms with van der Waals surface area (Å²) in [4.78, 5) is 21.9. The fourth-order valence-corrected chi connectivity index (χ4v) is 3.22. The zero-order valence-electron chi connectivity index (χ0n) is 13.9. The van der Waals surface area contributed by atoms with E-state index in [1.54, 1.807) is 6.20 Å². The third kappa shape index (κ3) is 4.08. The molecule has 1 atom stereocenters. The van der Waals surface area contributed by atoms with E-state index in [4.69, 9.17) is 5.73 Å². The molecule has 1 saturated heterocycles. The smallest absolute Gasteiger partial charge is 0.221 e. The molecule has 1 aromatic carbocycles. The fourth-order valence-electron chi connectivity index (χ4n) is 3.22. The molecule has 2 aromatic rings. The van der Waals surface area contributed by atoms with E-state index in [2.05, 4.69) is 32.3 Å². The monoisotopic (exact) mass is 325 g/mol. The predicted octanol–water partition coefficient (Wildman–Crippen LogP) is 2.74. The Morgan fingerprint density at radius 2 is 2.08 bits per heavy atom. The van der Waals surface area contributed by atoms with E-state index >= 15 is 0 Å². The highest BCUT2D eigenvalue weighted by atomic mass is 16.1. The molecule has 0 saturated carbocycles. The Bertz CT molecular complexity index is 701. The topological polar surface area (TPSA) is 84.1 Å². The van der Waals surface area contributed by atoms with Crippen LogP contribution in [0.4, 0.5) is 11.6 Å². The fraction of sp³-hybridized carbons (Fsp3) is 0.389. The Morgan fingerprint density at radius 1 is 1.29 bits per heavy atom. The van der Waals surface area contributed by atoms with Crippen molar-refractivity contribution in [1.29, 1.82) is 0 Å². The van der Waals surface area contributed by atoms with Gasteiger partial charge in [-0.3, -0.25) is 9.69 Å². The van der Waals surface area contributed by atoms with Crippen molar-refractivity contribution in [3.8, 4) is 0 Å². The quantitative estimate of drug-likeness (QED) is 0.903. The molecule has 0 bridgehead atoms. The van der Waals surface area contributed by atoms with Gasteiger partial charge in [0.2, 0.25) is 11.9 Å². The van der Waals surface area contributed by atoms with Crippen LogP contribution in [0.2, 0.25) is 0 Å². The van der Waals surface area contributed by atoms with Gasteiger partial charge in [0.05, 0.1) is 11.7 Å². The second-order valence-electron chi connectivity index (χ2n) is 6.20. The van der Waals surface area contributed by atoms with Crippen LogP contribution in [0.5, 0.6) is 0 Å². The first-order valence-electron chi connectivity index (χ1n) is 8.31. The summed E-state index contributed by atoms with van der Waals surface area (Å²) < 4.78 is 0.